The Kier molecular flexibility index (Phi) is 3.16. The molecule has 14 heavy (non-hydrogen) atoms. The summed E-state index contributed by atoms with van der Waals surface area (Å²) in [6, 6.07) is 1.40. The Morgan fingerprint density at radius 3 is 2.71 bits per heavy atom. The van der Waals surface area contributed by atoms with Crippen LogP contribution in [0.4, 0.5) is 8.78 Å². The molecule has 0 amide bonds. The van der Waals surface area contributed by atoms with Crippen molar-refractivity contribution in [1.29, 1.82) is 0 Å². The van der Waals surface area contributed by atoms with E-state index in [1.807, 2.05) is 0 Å². The molecule has 0 spiro atoms. The first-order valence-corrected chi connectivity index (χ1v) is 4.00. The molecule has 1 aromatic rings. The molecule has 1 aromatic heterocycles. The summed E-state index contributed by atoms with van der Waals surface area (Å²) in [4.78, 5) is 10.3. The van der Waals surface area contributed by atoms with Crippen molar-refractivity contribution < 1.29 is 18.7 Å². The number of carbonyl (C=O) groups is 1. The van der Waals surface area contributed by atoms with Crippen LogP contribution in [0.5, 0.6) is 0 Å². The van der Waals surface area contributed by atoms with Crippen molar-refractivity contribution in [3.63, 3.8) is 0 Å². The number of carboxylic acids is 1. The van der Waals surface area contributed by atoms with Crippen LogP contribution in [0, 0.1) is 0 Å². The maximum absolute atomic E-state index is 12.4. The molecule has 4 nitrogen and oxygen atoms in total. The van der Waals surface area contributed by atoms with Crippen LogP contribution >= 0.6 is 0 Å². The summed E-state index contributed by atoms with van der Waals surface area (Å²) in [6.45, 7) is 0. The SMILES string of the molecule is Cn1ccc(C(CC(=O)O)C(F)F)n1. The first kappa shape index (κ1) is 10.6. The van der Waals surface area contributed by atoms with Crippen LogP contribution in [0.25, 0.3) is 0 Å². The summed E-state index contributed by atoms with van der Waals surface area (Å²) < 4.78 is 26.3. The van der Waals surface area contributed by atoms with Crippen molar-refractivity contribution in [1.82, 2.24) is 9.78 Å². The summed E-state index contributed by atoms with van der Waals surface area (Å²) in [5.74, 6) is -2.57. The smallest absolute Gasteiger partial charge is 0.304 e. The summed E-state index contributed by atoms with van der Waals surface area (Å²) >= 11 is 0. The first-order valence-electron chi connectivity index (χ1n) is 4.00. The van der Waals surface area contributed by atoms with Gasteiger partial charge in [-0.2, -0.15) is 5.10 Å². The molecule has 0 fully saturated rings. The highest BCUT2D eigenvalue weighted by Crippen LogP contribution is 2.25. The van der Waals surface area contributed by atoms with Gasteiger partial charge in [-0.1, -0.05) is 0 Å². The molecule has 1 atom stereocenters. The monoisotopic (exact) mass is 204 g/mol. The highest BCUT2D eigenvalue weighted by Gasteiger charge is 2.27. The zero-order valence-corrected chi connectivity index (χ0v) is 7.52. The van der Waals surface area contributed by atoms with E-state index in [4.69, 9.17) is 5.11 Å². The van der Waals surface area contributed by atoms with Crippen LogP contribution < -0.4 is 0 Å². The third-order valence-electron chi connectivity index (χ3n) is 1.81. The van der Waals surface area contributed by atoms with E-state index in [9.17, 15) is 13.6 Å². The Morgan fingerprint density at radius 2 is 2.36 bits per heavy atom. The minimum atomic E-state index is -2.71. The molecule has 0 aromatic carbocycles. The van der Waals surface area contributed by atoms with Crippen molar-refractivity contribution in [2.45, 2.75) is 18.8 Å². The summed E-state index contributed by atoms with van der Waals surface area (Å²) in [6.07, 6.45) is -1.80. The Hall–Kier alpha value is -1.46. The van der Waals surface area contributed by atoms with Crippen molar-refractivity contribution in [2.75, 3.05) is 0 Å². The van der Waals surface area contributed by atoms with Gasteiger partial charge in [0.15, 0.2) is 0 Å². The molecular weight excluding hydrogens is 194 g/mol. The maximum atomic E-state index is 12.4. The number of alkyl halides is 2. The molecular formula is C8H10F2N2O2. The summed E-state index contributed by atoms with van der Waals surface area (Å²) in [5.41, 5.74) is 0.116. The molecule has 0 aliphatic rings. The topological polar surface area (TPSA) is 55.1 Å². The lowest BCUT2D eigenvalue weighted by Crippen LogP contribution is -2.15. The van der Waals surface area contributed by atoms with Gasteiger partial charge in [0.25, 0.3) is 0 Å². The molecule has 0 saturated heterocycles. The Morgan fingerprint density at radius 1 is 1.71 bits per heavy atom. The number of hydrogen-bond acceptors (Lipinski definition) is 2. The third-order valence-corrected chi connectivity index (χ3v) is 1.81. The Bertz CT molecular complexity index is 325. The lowest BCUT2D eigenvalue weighted by Gasteiger charge is -2.10. The van der Waals surface area contributed by atoms with E-state index >= 15 is 0 Å². The molecule has 0 aliphatic carbocycles. The highest BCUT2D eigenvalue weighted by atomic mass is 19.3. The van der Waals surface area contributed by atoms with Gasteiger partial charge >= 0.3 is 5.97 Å². The number of hydrogen-bond donors (Lipinski definition) is 1. The van der Waals surface area contributed by atoms with E-state index in [1.54, 1.807) is 7.05 Å². The van der Waals surface area contributed by atoms with Gasteiger partial charge < -0.3 is 5.11 Å². The maximum Gasteiger partial charge on any atom is 0.304 e. The number of halogens is 2. The van der Waals surface area contributed by atoms with Gasteiger partial charge in [-0.25, -0.2) is 8.78 Å². The van der Waals surface area contributed by atoms with Crippen LogP contribution in [0.15, 0.2) is 12.3 Å². The van der Waals surface area contributed by atoms with Gasteiger partial charge in [0.1, 0.15) is 0 Å². The molecule has 0 saturated carbocycles. The van der Waals surface area contributed by atoms with Gasteiger partial charge in [-0.15, -0.1) is 0 Å². The Balaban J connectivity index is 2.82. The summed E-state index contributed by atoms with van der Waals surface area (Å²) in [7, 11) is 1.59. The number of aliphatic carboxylic acids is 1. The minimum absolute atomic E-state index is 0.116. The zero-order chi connectivity index (χ0) is 10.7. The lowest BCUT2D eigenvalue weighted by atomic mass is 10.0. The fourth-order valence-corrected chi connectivity index (χ4v) is 1.14. The normalized spacial score (nSPS) is 13.1. The zero-order valence-electron chi connectivity index (χ0n) is 7.52. The molecule has 1 N–H and O–H groups in total. The van der Waals surface area contributed by atoms with Crippen LogP contribution in [0.3, 0.4) is 0 Å². The molecule has 0 aliphatic heterocycles. The second-order valence-electron chi connectivity index (χ2n) is 2.95. The standard InChI is InChI=1S/C8H10F2N2O2/c1-12-3-2-6(11-12)5(8(9)10)4-7(13)14/h2-3,5,8H,4H2,1H3,(H,13,14). The second-order valence-corrected chi connectivity index (χ2v) is 2.95. The second kappa shape index (κ2) is 4.17. The first-order chi connectivity index (χ1) is 6.50. The number of rotatable bonds is 4. The fraction of sp³-hybridized carbons (Fsp3) is 0.500. The number of carboxylic acid groups (broad SMARTS) is 1. The largest absolute Gasteiger partial charge is 0.481 e. The quantitative estimate of drug-likeness (QED) is 0.802. The van der Waals surface area contributed by atoms with Crippen LogP contribution in [-0.2, 0) is 11.8 Å². The molecule has 1 rings (SSSR count). The summed E-state index contributed by atoms with van der Waals surface area (Å²) in [5, 5.41) is 12.2. The van der Waals surface area contributed by atoms with Crippen LogP contribution in [0.1, 0.15) is 18.0 Å². The van der Waals surface area contributed by atoms with Crippen molar-refractivity contribution in [3.05, 3.63) is 18.0 Å². The Labute approximate surface area is 79.2 Å². The average Bonchev–Trinajstić information content (AvgIpc) is 2.46. The van der Waals surface area contributed by atoms with E-state index < -0.39 is 24.7 Å². The van der Waals surface area contributed by atoms with E-state index in [0.29, 0.717) is 0 Å². The van der Waals surface area contributed by atoms with Gasteiger partial charge in [0, 0.05) is 13.2 Å². The molecule has 78 valence electrons. The number of aryl methyl sites for hydroxylation is 1. The molecule has 1 unspecified atom stereocenters. The third kappa shape index (κ3) is 2.51. The molecule has 0 radical (unpaired) electrons. The number of aromatic nitrogens is 2. The molecule has 0 bridgehead atoms. The van der Waals surface area contributed by atoms with Gasteiger partial charge in [-0.05, 0) is 6.07 Å². The average molecular weight is 204 g/mol. The predicted octanol–water partition coefficient (Wildman–Crippen LogP) is 1.24. The minimum Gasteiger partial charge on any atom is -0.481 e. The fourth-order valence-electron chi connectivity index (χ4n) is 1.14. The van der Waals surface area contributed by atoms with E-state index in [0.717, 1.165) is 0 Å². The van der Waals surface area contributed by atoms with Crippen molar-refractivity contribution >= 4 is 5.97 Å². The van der Waals surface area contributed by atoms with E-state index in [-0.39, 0.29) is 5.69 Å². The van der Waals surface area contributed by atoms with Gasteiger partial charge in [0.05, 0.1) is 18.0 Å². The van der Waals surface area contributed by atoms with Gasteiger partial charge in [0.2, 0.25) is 6.43 Å². The van der Waals surface area contributed by atoms with E-state index in [1.165, 1.54) is 16.9 Å². The van der Waals surface area contributed by atoms with Crippen molar-refractivity contribution in [2.24, 2.45) is 7.05 Å². The van der Waals surface area contributed by atoms with E-state index in [2.05, 4.69) is 5.10 Å². The predicted molar refractivity (Wildman–Crippen MR) is 44.2 cm³/mol. The molecule has 6 heteroatoms. The highest BCUT2D eigenvalue weighted by molar-refractivity contribution is 5.68. The van der Waals surface area contributed by atoms with Gasteiger partial charge in [-0.3, -0.25) is 9.48 Å². The van der Waals surface area contributed by atoms with Crippen molar-refractivity contribution in [3.8, 4) is 0 Å². The number of nitrogens with zero attached hydrogens (tertiary/aromatic N) is 2. The lowest BCUT2D eigenvalue weighted by molar-refractivity contribution is -0.138. The van der Waals surface area contributed by atoms with Crippen LogP contribution in [-0.4, -0.2) is 27.3 Å². The van der Waals surface area contributed by atoms with Crippen LogP contribution in [0.2, 0.25) is 0 Å². The molecule has 1 heterocycles.